The predicted molar refractivity (Wildman–Crippen MR) is 49.2 cm³/mol. The maximum Gasteiger partial charge on any atom is 0.327 e. The molecule has 0 amide bonds. The van der Waals surface area contributed by atoms with Crippen molar-refractivity contribution in [3.05, 3.63) is 20.8 Å². The summed E-state index contributed by atoms with van der Waals surface area (Å²) in [4.78, 5) is 28.8. The Morgan fingerprint density at radius 3 is 2.85 bits per heavy atom. The summed E-state index contributed by atoms with van der Waals surface area (Å²) in [5.74, 6) is 0.580. The molecule has 1 aromatic heterocycles. The molecule has 0 aliphatic carbocycles. The van der Waals surface area contributed by atoms with Crippen LogP contribution in [0.5, 0.6) is 0 Å². The van der Waals surface area contributed by atoms with Gasteiger partial charge in [-0.1, -0.05) is 0 Å². The quantitative estimate of drug-likeness (QED) is 0.535. The Balaban J connectivity index is 2.64. The number of rotatable bonds is 1. The van der Waals surface area contributed by atoms with Crippen LogP contribution in [0.4, 0.5) is 11.5 Å². The lowest BCUT2D eigenvalue weighted by Gasteiger charge is -2.12. The molecule has 0 atom stereocenters. The summed E-state index contributed by atoms with van der Waals surface area (Å²) in [6.45, 7) is 3.27. The molecule has 1 aliphatic rings. The van der Waals surface area contributed by atoms with E-state index in [0.717, 1.165) is 6.54 Å². The molecule has 1 aromatic rings. The van der Waals surface area contributed by atoms with E-state index in [1.54, 1.807) is 0 Å². The van der Waals surface area contributed by atoms with Gasteiger partial charge in [-0.25, -0.2) is 4.79 Å². The Kier molecular flexibility index (Phi) is 1.61. The highest BCUT2D eigenvalue weighted by Crippen LogP contribution is 2.22. The van der Waals surface area contributed by atoms with Gasteiger partial charge in [0.15, 0.2) is 0 Å². The van der Waals surface area contributed by atoms with E-state index >= 15 is 0 Å². The highest BCUT2D eigenvalue weighted by Gasteiger charge is 2.20. The second-order valence-corrected chi connectivity index (χ2v) is 2.82. The monoisotopic (exact) mass is 182 g/mol. The molecule has 0 unspecified atom stereocenters. The van der Waals surface area contributed by atoms with E-state index in [1.165, 1.54) is 0 Å². The molecular formula is C7H10N4O2. The standard InChI is InChI=1S/C7H10N4O2/c1-2-11-3-8-4-5(11)9-7(13)10-6(4)12/h8H,2-3H2,1H3,(H2,9,10,12,13). The van der Waals surface area contributed by atoms with Crippen molar-refractivity contribution in [3.8, 4) is 0 Å². The minimum atomic E-state index is -0.467. The fourth-order valence-electron chi connectivity index (χ4n) is 1.40. The van der Waals surface area contributed by atoms with Crippen LogP contribution in [0.1, 0.15) is 6.92 Å². The third kappa shape index (κ3) is 1.10. The minimum Gasteiger partial charge on any atom is -0.360 e. The molecule has 0 spiro atoms. The lowest BCUT2D eigenvalue weighted by atomic mass is 10.4. The van der Waals surface area contributed by atoms with Crippen LogP contribution in [0, 0.1) is 0 Å². The van der Waals surface area contributed by atoms with Crippen molar-refractivity contribution in [1.82, 2.24) is 9.97 Å². The maximum atomic E-state index is 11.2. The number of aromatic nitrogens is 2. The van der Waals surface area contributed by atoms with Crippen molar-refractivity contribution < 1.29 is 0 Å². The second-order valence-electron chi connectivity index (χ2n) is 2.82. The first-order chi connectivity index (χ1) is 6.22. The fourth-order valence-corrected chi connectivity index (χ4v) is 1.40. The van der Waals surface area contributed by atoms with Crippen LogP contribution in [0.3, 0.4) is 0 Å². The van der Waals surface area contributed by atoms with Crippen LogP contribution in [0.2, 0.25) is 0 Å². The average molecular weight is 182 g/mol. The van der Waals surface area contributed by atoms with Gasteiger partial charge in [0.05, 0.1) is 6.67 Å². The van der Waals surface area contributed by atoms with Crippen molar-refractivity contribution in [2.75, 3.05) is 23.4 Å². The summed E-state index contributed by atoms with van der Waals surface area (Å²) < 4.78 is 0. The van der Waals surface area contributed by atoms with Gasteiger partial charge in [0.1, 0.15) is 11.5 Å². The Hall–Kier alpha value is -1.72. The second kappa shape index (κ2) is 2.65. The summed E-state index contributed by atoms with van der Waals surface area (Å²) >= 11 is 0. The van der Waals surface area contributed by atoms with Crippen LogP contribution in [-0.2, 0) is 0 Å². The van der Waals surface area contributed by atoms with Gasteiger partial charge < -0.3 is 10.2 Å². The van der Waals surface area contributed by atoms with E-state index in [4.69, 9.17) is 0 Å². The molecule has 13 heavy (non-hydrogen) atoms. The molecule has 0 fully saturated rings. The van der Waals surface area contributed by atoms with E-state index in [-0.39, 0.29) is 5.56 Å². The molecule has 6 heteroatoms. The number of fused-ring (bicyclic) bond motifs is 1. The molecule has 6 nitrogen and oxygen atoms in total. The third-order valence-electron chi connectivity index (χ3n) is 2.07. The van der Waals surface area contributed by atoms with Gasteiger partial charge in [-0.3, -0.25) is 14.8 Å². The first kappa shape index (κ1) is 7.90. The van der Waals surface area contributed by atoms with E-state index in [0.29, 0.717) is 18.2 Å². The zero-order valence-corrected chi connectivity index (χ0v) is 7.18. The lowest BCUT2D eigenvalue weighted by molar-refractivity contribution is 0.884. The molecule has 0 radical (unpaired) electrons. The summed E-state index contributed by atoms with van der Waals surface area (Å²) in [5, 5.41) is 2.91. The van der Waals surface area contributed by atoms with Gasteiger partial charge in [-0.2, -0.15) is 0 Å². The van der Waals surface area contributed by atoms with Crippen molar-refractivity contribution in [2.45, 2.75) is 6.92 Å². The van der Waals surface area contributed by atoms with Crippen molar-refractivity contribution in [3.63, 3.8) is 0 Å². The van der Waals surface area contributed by atoms with E-state index < -0.39 is 5.69 Å². The van der Waals surface area contributed by atoms with E-state index in [1.807, 2.05) is 11.8 Å². The molecule has 70 valence electrons. The normalized spacial score (nSPS) is 14.1. The lowest BCUT2D eigenvalue weighted by Crippen LogP contribution is -2.26. The molecule has 1 aliphatic heterocycles. The van der Waals surface area contributed by atoms with Gasteiger partial charge in [-0.05, 0) is 6.92 Å². The Morgan fingerprint density at radius 2 is 2.15 bits per heavy atom. The number of hydrogen-bond acceptors (Lipinski definition) is 4. The third-order valence-corrected chi connectivity index (χ3v) is 2.07. The van der Waals surface area contributed by atoms with E-state index in [2.05, 4.69) is 15.3 Å². The highest BCUT2D eigenvalue weighted by atomic mass is 16.2. The van der Waals surface area contributed by atoms with Gasteiger partial charge in [-0.15, -0.1) is 0 Å². The summed E-state index contributed by atoms with van der Waals surface area (Å²) in [6, 6.07) is 0. The smallest absolute Gasteiger partial charge is 0.327 e. The Morgan fingerprint density at radius 1 is 1.38 bits per heavy atom. The van der Waals surface area contributed by atoms with Crippen LogP contribution in [0.15, 0.2) is 9.59 Å². The van der Waals surface area contributed by atoms with Crippen molar-refractivity contribution in [1.29, 1.82) is 0 Å². The fraction of sp³-hybridized carbons (Fsp3) is 0.429. The number of aromatic amines is 2. The number of nitrogens with zero attached hydrogens (tertiary/aromatic N) is 1. The molecule has 0 aromatic carbocycles. The largest absolute Gasteiger partial charge is 0.360 e. The van der Waals surface area contributed by atoms with Crippen LogP contribution < -0.4 is 21.5 Å². The Bertz CT molecular complexity index is 433. The number of nitrogens with one attached hydrogen (secondary N) is 3. The summed E-state index contributed by atoms with van der Waals surface area (Å²) in [6.07, 6.45) is 0. The van der Waals surface area contributed by atoms with Gasteiger partial charge in [0.2, 0.25) is 0 Å². The molecule has 3 N–H and O–H groups in total. The van der Waals surface area contributed by atoms with Crippen molar-refractivity contribution in [2.24, 2.45) is 0 Å². The predicted octanol–water partition coefficient (Wildman–Crippen LogP) is -0.728. The summed E-state index contributed by atoms with van der Waals surface area (Å²) in [5.41, 5.74) is -0.387. The zero-order valence-electron chi connectivity index (χ0n) is 7.18. The van der Waals surface area contributed by atoms with Gasteiger partial charge >= 0.3 is 5.69 Å². The number of anilines is 2. The average Bonchev–Trinajstić information content (AvgIpc) is 2.47. The molecule has 0 saturated carbocycles. The van der Waals surface area contributed by atoms with Gasteiger partial charge in [0.25, 0.3) is 5.56 Å². The zero-order chi connectivity index (χ0) is 9.42. The molecule has 0 bridgehead atoms. The molecular weight excluding hydrogens is 172 g/mol. The van der Waals surface area contributed by atoms with Crippen LogP contribution in [0.25, 0.3) is 0 Å². The van der Waals surface area contributed by atoms with E-state index in [9.17, 15) is 9.59 Å². The van der Waals surface area contributed by atoms with Crippen molar-refractivity contribution >= 4 is 11.5 Å². The number of H-pyrrole nitrogens is 2. The summed E-state index contributed by atoms with van der Waals surface area (Å²) in [7, 11) is 0. The minimum absolute atomic E-state index is 0.366. The van der Waals surface area contributed by atoms with Crippen LogP contribution >= 0.6 is 0 Å². The number of hydrogen-bond donors (Lipinski definition) is 3. The SMILES string of the molecule is CCN1CNc2c1[nH]c(=O)[nH]c2=O. The first-order valence-corrected chi connectivity index (χ1v) is 4.07. The Labute approximate surface area is 73.6 Å². The van der Waals surface area contributed by atoms with Crippen LogP contribution in [-0.4, -0.2) is 23.2 Å². The van der Waals surface area contributed by atoms with Gasteiger partial charge in [0, 0.05) is 6.54 Å². The molecule has 2 heterocycles. The molecule has 0 saturated heterocycles. The topological polar surface area (TPSA) is 81.0 Å². The maximum absolute atomic E-state index is 11.2. The highest BCUT2D eigenvalue weighted by molar-refractivity contribution is 5.68. The first-order valence-electron chi connectivity index (χ1n) is 4.07. The molecule has 2 rings (SSSR count).